The summed E-state index contributed by atoms with van der Waals surface area (Å²) in [5, 5.41) is 5.02. The lowest BCUT2D eigenvalue weighted by atomic mass is 9.75. The molecule has 2 aromatic heterocycles. The minimum absolute atomic E-state index is 0.00612. The highest BCUT2D eigenvalue weighted by Crippen LogP contribution is 2.40. The smallest absolute Gasteiger partial charge is 0.325 e. The summed E-state index contributed by atoms with van der Waals surface area (Å²) >= 11 is 1.62. The Kier molecular flexibility index (Phi) is 6.93. The monoisotopic (exact) mass is 466 g/mol. The molecule has 2 aliphatic rings. The van der Waals surface area contributed by atoms with Crippen molar-refractivity contribution in [2.24, 2.45) is 11.8 Å². The number of piperidine rings is 1. The second-order valence-electron chi connectivity index (χ2n) is 8.94. The van der Waals surface area contributed by atoms with Crippen LogP contribution in [0.2, 0.25) is 0 Å². The molecule has 1 unspecified atom stereocenters. The number of aromatic nitrogens is 1. The maximum Gasteiger partial charge on any atom is 0.325 e. The molecule has 7 nitrogen and oxygen atoms in total. The summed E-state index contributed by atoms with van der Waals surface area (Å²) in [7, 11) is 0. The predicted molar refractivity (Wildman–Crippen MR) is 127 cm³/mol. The van der Waals surface area contributed by atoms with Gasteiger partial charge in [0.1, 0.15) is 0 Å². The Morgan fingerprint density at radius 3 is 2.67 bits per heavy atom. The van der Waals surface area contributed by atoms with Gasteiger partial charge in [-0.3, -0.25) is 19.5 Å². The van der Waals surface area contributed by atoms with Gasteiger partial charge in [-0.2, -0.15) is 0 Å². The van der Waals surface area contributed by atoms with Gasteiger partial charge in [-0.05, 0) is 54.8 Å². The molecular formula is C25H30N4O3S. The SMILES string of the molecule is CC(C)/C=C/C(=O)N1CCC(C2(c3ccccn3)NC(=O)N(CCc3cccs3)C2=O)CC1. The van der Waals surface area contributed by atoms with Gasteiger partial charge in [0.15, 0.2) is 5.54 Å². The second-order valence-corrected chi connectivity index (χ2v) is 9.97. The third-order valence-electron chi connectivity index (χ3n) is 6.41. The first-order valence-corrected chi connectivity index (χ1v) is 12.3. The number of imide groups is 1. The number of likely N-dealkylation sites (tertiary alicyclic amines) is 1. The molecule has 0 aliphatic carbocycles. The Morgan fingerprint density at radius 2 is 2.03 bits per heavy atom. The molecule has 0 bridgehead atoms. The summed E-state index contributed by atoms with van der Waals surface area (Å²) in [6, 6.07) is 9.05. The van der Waals surface area contributed by atoms with E-state index in [2.05, 4.69) is 10.3 Å². The quantitative estimate of drug-likeness (QED) is 0.499. The standard InChI is InChI=1S/C25H30N4O3S/c1-18(2)8-9-22(30)28-14-10-19(11-15-28)25(21-7-3-4-13-26-21)23(31)29(24(32)27-25)16-12-20-6-5-17-33-20/h3-9,13,17-19H,10-12,14-16H2,1-2H3,(H,27,32)/b9-8+. The van der Waals surface area contributed by atoms with Crippen molar-refractivity contribution in [3.63, 3.8) is 0 Å². The number of nitrogens with zero attached hydrogens (tertiary/aromatic N) is 3. The molecule has 0 aromatic carbocycles. The molecule has 0 saturated carbocycles. The van der Waals surface area contributed by atoms with Crippen molar-refractivity contribution in [1.82, 2.24) is 20.1 Å². The average molecular weight is 467 g/mol. The van der Waals surface area contributed by atoms with Gasteiger partial charge < -0.3 is 10.2 Å². The van der Waals surface area contributed by atoms with Gasteiger partial charge >= 0.3 is 6.03 Å². The molecule has 2 fully saturated rings. The molecule has 174 valence electrons. The lowest BCUT2D eigenvalue weighted by Crippen LogP contribution is -2.54. The van der Waals surface area contributed by atoms with Crippen LogP contribution < -0.4 is 5.32 Å². The average Bonchev–Trinajstić information content (AvgIpc) is 3.43. The van der Waals surface area contributed by atoms with Crippen LogP contribution in [0, 0.1) is 11.8 Å². The topological polar surface area (TPSA) is 82.6 Å². The van der Waals surface area contributed by atoms with E-state index in [1.807, 2.05) is 54.5 Å². The van der Waals surface area contributed by atoms with Crippen LogP contribution in [0.4, 0.5) is 4.79 Å². The lowest BCUT2D eigenvalue weighted by molar-refractivity contribution is -0.135. The first-order chi connectivity index (χ1) is 15.9. The van der Waals surface area contributed by atoms with E-state index in [1.54, 1.807) is 29.7 Å². The molecule has 2 aromatic rings. The summed E-state index contributed by atoms with van der Waals surface area (Å²) in [6.07, 6.45) is 7.04. The van der Waals surface area contributed by atoms with Crippen molar-refractivity contribution >= 4 is 29.2 Å². The van der Waals surface area contributed by atoms with Gasteiger partial charge in [0.05, 0.1) is 5.69 Å². The van der Waals surface area contributed by atoms with E-state index in [4.69, 9.17) is 0 Å². The number of allylic oxidation sites excluding steroid dienone is 1. The molecule has 2 saturated heterocycles. The van der Waals surface area contributed by atoms with E-state index in [9.17, 15) is 14.4 Å². The molecule has 4 rings (SSSR count). The number of hydrogen-bond donors (Lipinski definition) is 1. The van der Waals surface area contributed by atoms with Crippen LogP contribution in [0.5, 0.6) is 0 Å². The van der Waals surface area contributed by atoms with Gasteiger partial charge in [0, 0.05) is 36.6 Å². The zero-order valence-corrected chi connectivity index (χ0v) is 19.9. The van der Waals surface area contributed by atoms with E-state index < -0.39 is 5.54 Å². The van der Waals surface area contributed by atoms with Crippen molar-refractivity contribution in [2.45, 2.75) is 38.6 Å². The highest BCUT2D eigenvalue weighted by molar-refractivity contribution is 7.09. The Labute approximate surface area is 198 Å². The van der Waals surface area contributed by atoms with E-state index in [0.29, 0.717) is 50.5 Å². The number of urea groups is 1. The van der Waals surface area contributed by atoms with Crippen LogP contribution in [0.25, 0.3) is 0 Å². The largest absolute Gasteiger partial charge is 0.339 e. The summed E-state index contributed by atoms with van der Waals surface area (Å²) < 4.78 is 0. The number of pyridine rings is 1. The van der Waals surface area contributed by atoms with E-state index in [-0.39, 0.29) is 23.8 Å². The van der Waals surface area contributed by atoms with E-state index in [1.165, 1.54) is 4.90 Å². The highest BCUT2D eigenvalue weighted by Gasteiger charge is 2.58. The third kappa shape index (κ3) is 4.71. The summed E-state index contributed by atoms with van der Waals surface area (Å²) in [4.78, 5) is 48.1. The number of carbonyl (C=O) groups is 3. The fraction of sp³-hybridized carbons (Fsp3) is 0.440. The minimum Gasteiger partial charge on any atom is -0.339 e. The number of hydrogen-bond acceptors (Lipinski definition) is 5. The van der Waals surface area contributed by atoms with Crippen molar-refractivity contribution in [1.29, 1.82) is 0 Å². The van der Waals surface area contributed by atoms with Crippen molar-refractivity contribution < 1.29 is 14.4 Å². The minimum atomic E-state index is -1.20. The zero-order valence-electron chi connectivity index (χ0n) is 19.1. The molecule has 8 heteroatoms. The van der Waals surface area contributed by atoms with E-state index >= 15 is 0 Å². The Bertz CT molecular complexity index is 1010. The number of rotatable bonds is 7. The molecule has 4 amide bonds. The lowest BCUT2D eigenvalue weighted by Gasteiger charge is -2.40. The van der Waals surface area contributed by atoms with Crippen LogP contribution in [-0.2, 0) is 21.5 Å². The van der Waals surface area contributed by atoms with Gasteiger partial charge in [-0.15, -0.1) is 11.3 Å². The van der Waals surface area contributed by atoms with Gasteiger partial charge in [-0.25, -0.2) is 4.79 Å². The van der Waals surface area contributed by atoms with Gasteiger partial charge in [0.2, 0.25) is 5.91 Å². The predicted octanol–water partition coefficient (Wildman–Crippen LogP) is 3.58. The second kappa shape index (κ2) is 9.87. The van der Waals surface area contributed by atoms with Crippen molar-refractivity contribution in [3.8, 4) is 0 Å². The van der Waals surface area contributed by atoms with E-state index in [0.717, 1.165) is 4.88 Å². The molecule has 0 spiro atoms. The maximum absolute atomic E-state index is 13.8. The number of amides is 4. The van der Waals surface area contributed by atoms with Crippen LogP contribution in [0.1, 0.15) is 37.3 Å². The van der Waals surface area contributed by atoms with Gasteiger partial charge in [0.25, 0.3) is 5.91 Å². The fourth-order valence-corrected chi connectivity index (χ4v) is 5.34. The summed E-state index contributed by atoms with van der Waals surface area (Å²) in [6.45, 7) is 5.48. The van der Waals surface area contributed by atoms with Crippen molar-refractivity contribution in [3.05, 3.63) is 64.6 Å². The maximum atomic E-state index is 13.8. The van der Waals surface area contributed by atoms with Crippen LogP contribution in [0.15, 0.2) is 54.1 Å². The number of carbonyl (C=O) groups excluding carboxylic acids is 3. The summed E-state index contributed by atoms with van der Waals surface area (Å²) in [5.41, 5.74) is -0.636. The van der Waals surface area contributed by atoms with Crippen molar-refractivity contribution in [2.75, 3.05) is 19.6 Å². The highest BCUT2D eigenvalue weighted by atomic mass is 32.1. The Balaban J connectivity index is 1.55. The molecule has 4 heterocycles. The number of thiophene rings is 1. The van der Waals surface area contributed by atoms with Gasteiger partial charge in [-0.1, -0.05) is 32.1 Å². The normalized spacial score (nSPS) is 21.9. The van der Waals surface area contributed by atoms with Crippen LogP contribution >= 0.6 is 11.3 Å². The zero-order chi connectivity index (χ0) is 23.4. The van der Waals surface area contributed by atoms with Crippen LogP contribution in [-0.4, -0.2) is 52.3 Å². The summed E-state index contributed by atoms with van der Waals surface area (Å²) in [5.74, 6) is -0.0836. The Morgan fingerprint density at radius 1 is 1.24 bits per heavy atom. The molecule has 0 radical (unpaired) electrons. The number of nitrogens with one attached hydrogen (secondary N) is 1. The third-order valence-corrected chi connectivity index (χ3v) is 7.34. The first-order valence-electron chi connectivity index (χ1n) is 11.5. The molecular weight excluding hydrogens is 436 g/mol. The molecule has 1 N–H and O–H groups in total. The molecule has 1 atom stereocenters. The molecule has 33 heavy (non-hydrogen) atoms. The Hall–Kier alpha value is -3.00. The first kappa shape index (κ1) is 23.2. The molecule has 2 aliphatic heterocycles. The fourth-order valence-electron chi connectivity index (χ4n) is 4.64. The van der Waals surface area contributed by atoms with Crippen LogP contribution in [0.3, 0.4) is 0 Å².